The third kappa shape index (κ3) is 6.11. The molecule has 1 unspecified atom stereocenters. The Morgan fingerprint density at radius 1 is 1.07 bits per heavy atom. The average molecular weight is 370 g/mol. The number of carbonyl (C=O) groups is 2. The first-order valence-corrected chi connectivity index (χ1v) is 8.96. The minimum Gasteiger partial charge on any atom is -0.497 e. The SMILES string of the molecule is COc1ccc(NC(=O)C[NH+](C)CC(=O)N(C)[C@@H](C)c2ccccc2)cc1. The highest BCUT2D eigenvalue weighted by molar-refractivity contribution is 5.91. The van der Waals surface area contributed by atoms with Crippen LogP contribution in [0.4, 0.5) is 5.69 Å². The number of rotatable bonds is 8. The topological polar surface area (TPSA) is 63.1 Å². The number of carbonyl (C=O) groups excluding carboxylic acids is 2. The van der Waals surface area contributed by atoms with Crippen LogP contribution >= 0.6 is 0 Å². The second-order valence-electron chi connectivity index (χ2n) is 6.68. The summed E-state index contributed by atoms with van der Waals surface area (Å²) in [6.45, 7) is 2.47. The summed E-state index contributed by atoms with van der Waals surface area (Å²) < 4.78 is 5.10. The highest BCUT2D eigenvalue weighted by Gasteiger charge is 2.21. The van der Waals surface area contributed by atoms with Gasteiger partial charge < -0.3 is 19.9 Å². The van der Waals surface area contributed by atoms with Crippen LogP contribution in [0.15, 0.2) is 54.6 Å². The van der Waals surface area contributed by atoms with Crippen LogP contribution in [0.1, 0.15) is 18.5 Å². The molecule has 2 aromatic rings. The van der Waals surface area contributed by atoms with E-state index in [9.17, 15) is 9.59 Å². The number of ether oxygens (including phenoxy) is 1. The zero-order chi connectivity index (χ0) is 19.8. The number of hydrogen-bond acceptors (Lipinski definition) is 3. The van der Waals surface area contributed by atoms with E-state index in [0.717, 1.165) is 16.2 Å². The molecule has 0 saturated carbocycles. The molecular weight excluding hydrogens is 342 g/mol. The molecular formula is C21H28N3O3+. The minimum absolute atomic E-state index is 0.00102. The van der Waals surface area contributed by atoms with E-state index in [1.807, 2.05) is 44.3 Å². The van der Waals surface area contributed by atoms with Crippen molar-refractivity contribution in [3.05, 3.63) is 60.2 Å². The van der Waals surface area contributed by atoms with E-state index >= 15 is 0 Å². The van der Waals surface area contributed by atoms with Crippen LogP contribution in [0.25, 0.3) is 0 Å². The molecule has 0 aliphatic rings. The van der Waals surface area contributed by atoms with E-state index in [1.165, 1.54) is 0 Å². The lowest BCUT2D eigenvalue weighted by Crippen LogP contribution is -3.11. The Morgan fingerprint density at radius 2 is 1.70 bits per heavy atom. The predicted molar refractivity (Wildman–Crippen MR) is 106 cm³/mol. The van der Waals surface area contributed by atoms with Gasteiger partial charge in [0.15, 0.2) is 13.1 Å². The molecule has 2 rings (SSSR count). The van der Waals surface area contributed by atoms with Crippen molar-refractivity contribution >= 4 is 17.5 Å². The largest absolute Gasteiger partial charge is 0.497 e. The van der Waals surface area contributed by atoms with Gasteiger partial charge >= 0.3 is 0 Å². The lowest BCUT2D eigenvalue weighted by atomic mass is 10.1. The van der Waals surface area contributed by atoms with E-state index in [4.69, 9.17) is 4.74 Å². The molecule has 0 spiro atoms. The molecule has 0 fully saturated rings. The molecule has 0 aliphatic carbocycles. The molecule has 0 bridgehead atoms. The summed E-state index contributed by atoms with van der Waals surface area (Å²) in [5.74, 6) is 0.599. The Bertz CT molecular complexity index is 747. The standard InChI is InChI=1S/C21H27N3O3/c1-16(17-8-6-5-7-9-17)24(3)21(26)15-23(2)14-20(25)22-18-10-12-19(27-4)13-11-18/h5-13,16H,14-15H2,1-4H3,(H,22,25)/p+1/t16-/m0/s1. The van der Waals surface area contributed by atoms with Crippen LogP contribution in [0, 0.1) is 0 Å². The molecule has 0 aliphatic heterocycles. The van der Waals surface area contributed by atoms with Gasteiger partial charge in [-0.1, -0.05) is 30.3 Å². The van der Waals surface area contributed by atoms with Crippen molar-refractivity contribution in [3.63, 3.8) is 0 Å². The van der Waals surface area contributed by atoms with Crippen molar-refractivity contribution in [2.24, 2.45) is 0 Å². The summed E-state index contributed by atoms with van der Waals surface area (Å²) in [7, 11) is 5.23. The molecule has 0 heterocycles. The first-order chi connectivity index (χ1) is 12.9. The van der Waals surface area contributed by atoms with Gasteiger partial charge in [-0.05, 0) is 36.8 Å². The van der Waals surface area contributed by atoms with Gasteiger partial charge in [0.05, 0.1) is 20.2 Å². The highest BCUT2D eigenvalue weighted by Crippen LogP contribution is 2.17. The number of nitrogens with zero attached hydrogens (tertiary/aromatic N) is 1. The van der Waals surface area contributed by atoms with Gasteiger partial charge in [-0.2, -0.15) is 0 Å². The van der Waals surface area contributed by atoms with Crippen molar-refractivity contribution in [3.8, 4) is 5.75 Å². The van der Waals surface area contributed by atoms with Gasteiger partial charge in [-0.15, -0.1) is 0 Å². The second kappa shape index (κ2) is 9.73. The summed E-state index contributed by atoms with van der Waals surface area (Å²) in [5, 5.41) is 2.83. The maximum Gasteiger partial charge on any atom is 0.279 e. The number of benzene rings is 2. The van der Waals surface area contributed by atoms with Crippen LogP contribution in [0.5, 0.6) is 5.75 Å². The van der Waals surface area contributed by atoms with Crippen LogP contribution in [-0.4, -0.2) is 51.0 Å². The minimum atomic E-state index is -0.135. The second-order valence-corrected chi connectivity index (χ2v) is 6.68. The Balaban J connectivity index is 1.83. The zero-order valence-electron chi connectivity index (χ0n) is 16.4. The fourth-order valence-corrected chi connectivity index (χ4v) is 2.77. The summed E-state index contributed by atoms with van der Waals surface area (Å²) in [6, 6.07) is 17.0. The summed E-state index contributed by atoms with van der Waals surface area (Å²) >= 11 is 0. The van der Waals surface area contributed by atoms with Gasteiger partial charge in [-0.3, -0.25) is 9.59 Å². The van der Waals surface area contributed by atoms with Crippen LogP contribution in [-0.2, 0) is 9.59 Å². The number of amides is 2. The van der Waals surface area contributed by atoms with Gasteiger partial charge in [0.2, 0.25) is 0 Å². The number of quaternary nitrogens is 1. The predicted octanol–water partition coefficient (Wildman–Crippen LogP) is 1.37. The van der Waals surface area contributed by atoms with Crippen molar-refractivity contribution in [1.29, 1.82) is 0 Å². The van der Waals surface area contributed by atoms with Gasteiger partial charge in [-0.25, -0.2) is 0 Å². The van der Waals surface area contributed by atoms with E-state index in [1.54, 1.807) is 43.3 Å². The summed E-state index contributed by atoms with van der Waals surface area (Å²) in [5.41, 5.74) is 1.79. The van der Waals surface area contributed by atoms with E-state index < -0.39 is 0 Å². The Labute approximate surface area is 160 Å². The fourth-order valence-electron chi connectivity index (χ4n) is 2.77. The first-order valence-electron chi connectivity index (χ1n) is 8.96. The average Bonchev–Trinajstić information content (AvgIpc) is 2.67. The number of hydrogen-bond donors (Lipinski definition) is 2. The monoisotopic (exact) mass is 370 g/mol. The number of likely N-dealkylation sites (N-methyl/N-ethyl adjacent to an activating group) is 2. The third-order valence-electron chi connectivity index (χ3n) is 4.55. The Morgan fingerprint density at radius 3 is 2.30 bits per heavy atom. The van der Waals surface area contributed by atoms with Crippen LogP contribution in [0.2, 0.25) is 0 Å². The van der Waals surface area contributed by atoms with Crippen LogP contribution in [0.3, 0.4) is 0 Å². The zero-order valence-corrected chi connectivity index (χ0v) is 16.4. The molecule has 2 atom stereocenters. The maximum absolute atomic E-state index is 12.5. The Hall–Kier alpha value is -2.86. The lowest BCUT2D eigenvalue weighted by molar-refractivity contribution is -0.862. The molecule has 144 valence electrons. The first kappa shape index (κ1) is 20.5. The molecule has 0 aromatic heterocycles. The van der Waals surface area contributed by atoms with Gasteiger partial charge in [0, 0.05) is 12.7 Å². The van der Waals surface area contributed by atoms with Crippen molar-refractivity contribution in [1.82, 2.24) is 4.90 Å². The third-order valence-corrected chi connectivity index (χ3v) is 4.55. The highest BCUT2D eigenvalue weighted by atomic mass is 16.5. The molecule has 2 amide bonds. The van der Waals surface area contributed by atoms with E-state index in [-0.39, 0.29) is 30.9 Å². The smallest absolute Gasteiger partial charge is 0.279 e. The molecule has 6 nitrogen and oxygen atoms in total. The molecule has 6 heteroatoms. The van der Waals surface area contributed by atoms with Crippen LogP contribution < -0.4 is 15.0 Å². The number of anilines is 1. The van der Waals surface area contributed by atoms with Crippen molar-refractivity contribution < 1.29 is 19.2 Å². The molecule has 2 N–H and O–H groups in total. The van der Waals surface area contributed by atoms with Crippen molar-refractivity contribution in [2.45, 2.75) is 13.0 Å². The molecule has 2 aromatic carbocycles. The molecule has 27 heavy (non-hydrogen) atoms. The summed E-state index contributed by atoms with van der Waals surface area (Å²) in [6.07, 6.45) is 0. The normalized spacial score (nSPS) is 12.7. The quantitative estimate of drug-likeness (QED) is 0.738. The molecule has 0 saturated heterocycles. The number of methoxy groups -OCH3 is 1. The maximum atomic E-state index is 12.5. The van der Waals surface area contributed by atoms with Gasteiger partial charge in [0.1, 0.15) is 5.75 Å². The van der Waals surface area contributed by atoms with Crippen molar-refractivity contribution in [2.75, 3.05) is 39.6 Å². The number of nitrogens with one attached hydrogen (secondary N) is 2. The fraction of sp³-hybridized carbons (Fsp3) is 0.333. The lowest BCUT2D eigenvalue weighted by Gasteiger charge is -2.26. The molecule has 0 radical (unpaired) electrons. The Kier molecular flexibility index (Phi) is 7.37. The summed E-state index contributed by atoms with van der Waals surface area (Å²) in [4.78, 5) is 27.3. The van der Waals surface area contributed by atoms with E-state index in [0.29, 0.717) is 5.69 Å². The van der Waals surface area contributed by atoms with Gasteiger partial charge in [0.25, 0.3) is 11.8 Å². The van der Waals surface area contributed by atoms with E-state index in [2.05, 4.69) is 5.32 Å².